The van der Waals surface area contributed by atoms with Gasteiger partial charge in [-0.25, -0.2) is 4.99 Å². The van der Waals surface area contributed by atoms with Crippen molar-refractivity contribution in [3.8, 4) is 17.2 Å². The van der Waals surface area contributed by atoms with Crippen LogP contribution in [-0.2, 0) is 0 Å². The molecular weight excluding hydrogens is 390 g/mol. The molecule has 3 heterocycles. The number of aliphatic imine (C=N–C) groups is 1. The van der Waals surface area contributed by atoms with E-state index in [-0.39, 0.29) is 17.6 Å². The summed E-state index contributed by atoms with van der Waals surface area (Å²) in [4.78, 5) is 17.8. The van der Waals surface area contributed by atoms with Crippen LogP contribution in [0.25, 0.3) is 0 Å². The number of aromatic amines is 1. The Bertz CT molecular complexity index is 1020. The van der Waals surface area contributed by atoms with Crippen LogP contribution in [0.4, 0.5) is 5.82 Å². The van der Waals surface area contributed by atoms with Gasteiger partial charge in [-0.15, -0.1) is 0 Å². The standard InChI is InChI=1S/C21H25N3O4S/c1-12-22-20-17(21(25)23-24(20)14-7-5-3-4-6-8-14)19(29-12)13-9-15(26-2)18-16(10-13)27-11-28-18/h9-10,14,19H,3-8,11H2,1-2H3,(H,23,25). The second-order valence-corrected chi connectivity index (χ2v) is 9.08. The maximum Gasteiger partial charge on any atom is 0.271 e. The van der Waals surface area contributed by atoms with Gasteiger partial charge in [-0.1, -0.05) is 37.4 Å². The molecule has 1 saturated carbocycles. The number of H-pyrrole nitrogens is 1. The number of nitrogens with one attached hydrogen (secondary N) is 1. The van der Waals surface area contributed by atoms with Crippen LogP contribution in [0.3, 0.4) is 0 Å². The fourth-order valence-electron chi connectivity index (χ4n) is 4.53. The highest BCUT2D eigenvalue weighted by molar-refractivity contribution is 8.14. The average Bonchev–Trinajstić information content (AvgIpc) is 3.21. The molecule has 1 aromatic carbocycles. The molecule has 0 spiro atoms. The van der Waals surface area contributed by atoms with Gasteiger partial charge in [0.2, 0.25) is 12.5 Å². The Kier molecular flexibility index (Phi) is 4.81. The maximum atomic E-state index is 13.0. The number of ether oxygens (including phenoxy) is 3. The van der Waals surface area contributed by atoms with Gasteiger partial charge in [-0.05, 0) is 37.5 Å². The summed E-state index contributed by atoms with van der Waals surface area (Å²) in [6, 6.07) is 4.20. The zero-order valence-electron chi connectivity index (χ0n) is 16.7. The first-order valence-electron chi connectivity index (χ1n) is 10.2. The van der Waals surface area contributed by atoms with Crippen LogP contribution in [0.15, 0.2) is 21.9 Å². The molecule has 7 nitrogen and oxygen atoms in total. The summed E-state index contributed by atoms with van der Waals surface area (Å²) in [6.45, 7) is 2.18. The highest BCUT2D eigenvalue weighted by Crippen LogP contribution is 2.49. The van der Waals surface area contributed by atoms with E-state index < -0.39 is 0 Å². The molecule has 0 amide bonds. The number of thioether (sulfide) groups is 1. The minimum atomic E-state index is -0.165. The summed E-state index contributed by atoms with van der Waals surface area (Å²) in [5.74, 6) is 2.67. The molecule has 2 aliphatic heterocycles. The lowest BCUT2D eigenvalue weighted by molar-refractivity contribution is 0.171. The lowest BCUT2D eigenvalue weighted by Gasteiger charge is -2.23. The molecule has 1 aromatic heterocycles. The van der Waals surface area contributed by atoms with Gasteiger partial charge in [0, 0.05) is 0 Å². The van der Waals surface area contributed by atoms with Crippen molar-refractivity contribution in [2.45, 2.75) is 56.7 Å². The quantitative estimate of drug-likeness (QED) is 0.736. The molecule has 5 rings (SSSR count). The van der Waals surface area contributed by atoms with Crippen LogP contribution in [0.5, 0.6) is 17.2 Å². The molecule has 0 bridgehead atoms. The van der Waals surface area contributed by atoms with Crippen LogP contribution in [-0.4, -0.2) is 28.7 Å². The van der Waals surface area contributed by atoms with Crippen LogP contribution in [0, 0.1) is 0 Å². The van der Waals surface area contributed by atoms with Crippen molar-refractivity contribution < 1.29 is 14.2 Å². The van der Waals surface area contributed by atoms with E-state index in [0.717, 1.165) is 29.3 Å². The van der Waals surface area contributed by atoms with Crippen LogP contribution >= 0.6 is 11.8 Å². The molecule has 1 unspecified atom stereocenters. The number of hydrogen-bond acceptors (Lipinski definition) is 6. The van der Waals surface area contributed by atoms with Crippen molar-refractivity contribution in [2.24, 2.45) is 4.99 Å². The number of hydrogen-bond donors (Lipinski definition) is 1. The molecule has 8 heteroatoms. The molecule has 154 valence electrons. The Hall–Kier alpha value is -2.35. The fourth-order valence-corrected chi connectivity index (χ4v) is 5.61. The maximum absolute atomic E-state index is 13.0. The minimum Gasteiger partial charge on any atom is -0.493 e. The highest BCUT2D eigenvalue weighted by atomic mass is 32.2. The Labute approximate surface area is 173 Å². The topological polar surface area (TPSA) is 77.8 Å². The third kappa shape index (κ3) is 3.23. The molecule has 1 atom stereocenters. The van der Waals surface area contributed by atoms with Crippen molar-refractivity contribution in [1.29, 1.82) is 0 Å². The second-order valence-electron chi connectivity index (χ2n) is 7.78. The summed E-state index contributed by atoms with van der Waals surface area (Å²) in [7, 11) is 1.61. The summed E-state index contributed by atoms with van der Waals surface area (Å²) in [5, 5.41) is 3.89. The van der Waals surface area contributed by atoms with E-state index in [4.69, 9.17) is 19.2 Å². The number of fused-ring (bicyclic) bond motifs is 2. The van der Waals surface area contributed by atoms with Crippen molar-refractivity contribution in [2.75, 3.05) is 13.9 Å². The molecule has 0 radical (unpaired) electrons. The van der Waals surface area contributed by atoms with Gasteiger partial charge in [0.05, 0.1) is 29.0 Å². The van der Waals surface area contributed by atoms with E-state index in [1.54, 1.807) is 18.9 Å². The van der Waals surface area contributed by atoms with Gasteiger partial charge in [0.15, 0.2) is 17.3 Å². The molecule has 2 aromatic rings. The Morgan fingerprint density at radius 1 is 1.21 bits per heavy atom. The summed E-state index contributed by atoms with van der Waals surface area (Å²) in [5.41, 5.74) is 1.61. The first kappa shape index (κ1) is 18.7. The van der Waals surface area contributed by atoms with Crippen molar-refractivity contribution >= 4 is 22.6 Å². The number of benzene rings is 1. The molecule has 29 heavy (non-hydrogen) atoms. The number of nitrogens with zero attached hydrogens (tertiary/aromatic N) is 2. The van der Waals surface area contributed by atoms with E-state index in [9.17, 15) is 4.79 Å². The monoisotopic (exact) mass is 415 g/mol. The van der Waals surface area contributed by atoms with Gasteiger partial charge in [0.25, 0.3) is 5.56 Å². The predicted molar refractivity (Wildman–Crippen MR) is 113 cm³/mol. The number of rotatable bonds is 3. The summed E-state index contributed by atoms with van der Waals surface area (Å²) < 4.78 is 18.7. The number of methoxy groups -OCH3 is 1. The summed E-state index contributed by atoms with van der Waals surface area (Å²) in [6.07, 6.45) is 7.09. The first-order valence-corrected chi connectivity index (χ1v) is 11.1. The van der Waals surface area contributed by atoms with Crippen LogP contribution in [0.1, 0.15) is 67.9 Å². The first-order chi connectivity index (χ1) is 14.2. The van der Waals surface area contributed by atoms with Gasteiger partial charge >= 0.3 is 0 Å². The molecule has 3 aliphatic rings. The molecule has 1 fully saturated rings. The van der Waals surface area contributed by atoms with E-state index in [0.29, 0.717) is 28.9 Å². The van der Waals surface area contributed by atoms with Gasteiger partial charge in [-0.3, -0.25) is 14.6 Å². The predicted octanol–water partition coefficient (Wildman–Crippen LogP) is 4.70. The van der Waals surface area contributed by atoms with Gasteiger partial charge < -0.3 is 14.2 Å². The SMILES string of the molecule is COc1cc(C2SC(C)=Nc3c2c(=O)[nH]n3C2CCCCCC2)cc2c1OCO2. The smallest absolute Gasteiger partial charge is 0.271 e. The highest BCUT2D eigenvalue weighted by Gasteiger charge is 2.34. The Balaban J connectivity index is 1.60. The van der Waals surface area contributed by atoms with E-state index in [2.05, 4.69) is 5.10 Å². The van der Waals surface area contributed by atoms with Crippen molar-refractivity contribution in [1.82, 2.24) is 9.78 Å². The minimum absolute atomic E-state index is 0.0605. The summed E-state index contributed by atoms with van der Waals surface area (Å²) >= 11 is 1.59. The number of aromatic nitrogens is 2. The Morgan fingerprint density at radius 2 is 2.00 bits per heavy atom. The van der Waals surface area contributed by atoms with Gasteiger partial charge in [0.1, 0.15) is 0 Å². The van der Waals surface area contributed by atoms with Crippen molar-refractivity contribution in [3.05, 3.63) is 33.6 Å². The third-order valence-corrected chi connectivity index (χ3v) is 7.10. The molecule has 1 aliphatic carbocycles. The average molecular weight is 416 g/mol. The van der Waals surface area contributed by atoms with Crippen LogP contribution in [0.2, 0.25) is 0 Å². The lowest BCUT2D eigenvalue weighted by atomic mass is 10.0. The Morgan fingerprint density at radius 3 is 2.76 bits per heavy atom. The largest absolute Gasteiger partial charge is 0.493 e. The lowest BCUT2D eigenvalue weighted by Crippen LogP contribution is -2.14. The van der Waals surface area contributed by atoms with E-state index in [1.165, 1.54) is 25.7 Å². The normalized spacial score (nSPS) is 21.4. The van der Waals surface area contributed by atoms with E-state index in [1.807, 2.05) is 23.7 Å². The van der Waals surface area contributed by atoms with Gasteiger partial charge in [-0.2, -0.15) is 0 Å². The second kappa shape index (κ2) is 7.48. The zero-order valence-corrected chi connectivity index (χ0v) is 17.5. The zero-order chi connectivity index (χ0) is 20.0. The fraction of sp³-hybridized carbons (Fsp3) is 0.524. The molecular formula is C21H25N3O4S. The van der Waals surface area contributed by atoms with Crippen molar-refractivity contribution in [3.63, 3.8) is 0 Å². The van der Waals surface area contributed by atoms with Crippen LogP contribution < -0.4 is 19.8 Å². The molecule has 1 N–H and O–H groups in total. The third-order valence-electron chi connectivity index (χ3n) is 5.92. The molecule has 0 saturated heterocycles. The van der Waals surface area contributed by atoms with E-state index >= 15 is 0 Å².